The van der Waals surface area contributed by atoms with E-state index in [9.17, 15) is 4.79 Å². The summed E-state index contributed by atoms with van der Waals surface area (Å²) < 4.78 is 10.5. The first-order valence-corrected chi connectivity index (χ1v) is 8.71. The Labute approximate surface area is 163 Å². The Hall–Kier alpha value is -3.61. The van der Waals surface area contributed by atoms with Gasteiger partial charge in [-0.05, 0) is 49.7 Å². The molecule has 0 spiro atoms. The zero-order valence-electron chi connectivity index (χ0n) is 16.2. The van der Waals surface area contributed by atoms with Crippen LogP contribution >= 0.6 is 0 Å². The molecule has 1 aromatic heterocycles. The number of amides is 1. The number of aromatic nitrogens is 2. The third-order valence-corrected chi connectivity index (χ3v) is 4.02. The molecule has 0 saturated heterocycles. The molecule has 0 aliphatic rings. The van der Waals surface area contributed by atoms with Crippen LogP contribution in [0.4, 0.5) is 17.3 Å². The number of methoxy groups -OCH3 is 2. The van der Waals surface area contributed by atoms with Crippen LogP contribution in [0.2, 0.25) is 0 Å². The lowest BCUT2D eigenvalue weighted by molar-refractivity contribution is 0.102. The first kappa shape index (κ1) is 19.2. The van der Waals surface area contributed by atoms with Crippen LogP contribution in [0.1, 0.15) is 21.7 Å². The molecule has 0 fully saturated rings. The molecule has 144 valence electrons. The second-order valence-electron chi connectivity index (χ2n) is 6.23. The summed E-state index contributed by atoms with van der Waals surface area (Å²) in [6, 6.07) is 14.6. The first-order valence-electron chi connectivity index (χ1n) is 8.71. The summed E-state index contributed by atoms with van der Waals surface area (Å²) in [4.78, 5) is 21.4. The number of benzene rings is 2. The first-order chi connectivity index (χ1) is 13.5. The van der Waals surface area contributed by atoms with Gasteiger partial charge in [-0.3, -0.25) is 4.79 Å². The third kappa shape index (κ3) is 4.56. The van der Waals surface area contributed by atoms with Gasteiger partial charge in [0.1, 0.15) is 17.2 Å². The van der Waals surface area contributed by atoms with E-state index >= 15 is 0 Å². The van der Waals surface area contributed by atoms with Crippen LogP contribution in [-0.2, 0) is 0 Å². The van der Waals surface area contributed by atoms with Crippen molar-refractivity contribution in [1.29, 1.82) is 0 Å². The van der Waals surface area contributed by atoms with E-state index in [1.807, 2.05) is 38.1 Å². The van der Waals surface area contributed by atoms with Gasteiger partial charge in [-0.25, -0.2) is 9.97 Å². The summed E-state index contributed by atoms with van der Waals surface area (Å²) in [5.74, 6) is 1.13. The van der Waals surface area contributed by atoms with E-state index < -0.39 is 0 Å². The van der Waals surface area contributed by atoms with Crippen LogP contribution in [0.15, 0.2) is 48.5 Å². The molecule has 0 aliphatic carbocycles. The second-order valence-corrected chi connectivity index (χ2v) is 6.23. The van der Waals surface area contributed by atoms with Crippen molar-refractivity contribution in [3.05, 3.63) is 65.5 Å². The third-order valence-electron chi connectivity index (χ3n) is 4.02. The van der Waals surface area contributed by atoms with Crippen LogP contribution in [0.3, 0.4) is 0 Å². The summed E-state index contributed by atoms with van der Waals surface area (Å²) in [7, 11) is 3.10. The highest BCUT2D eigenvalue weighted by Crippen LogP contribution is 2.29. The molecule has 0 saturated carbocycles. The van der Waals surface area contributed by atoms with Crippen LogP contribution in [-0.4, -0.2) is 30.1 Å². The lowest BCUT2D eigenvalue weighted by atomic mass is 10.2. The zero-order chi connectivity index (χ0) is 20.1. The monoisotopic (exact) mass is 378 g/mol. The van der Waals surface area contributed by atoms with Gasteiger partial charge < -0.3 is 20.1 Å². The maximum absolute atomic E-state index is 12.7. The van der Waals surface area contributed by atoms with Crippen molar-refractivity contribution in [2.24, 2.45) is 0 Å². The van der Waals surface area contributed by atoms with Crippen LogP contribution < -0.4 is 20.1 Å². The molecule has 2 N–H and O–H groups in total. The lowest BCUT2D eigenvalue weighted by Crippen LogP contribution is -2.16. The molecular formula is C21H22N4O3. The van der Waals surface area contributed by atoms with Gasteiger partial charge in [-0.15, -0.1) is 0 Å². The fraction of sp³-hybridized carbons (Fsp3) is 0.190. The molecule has 0 radical (unpaired) electrons. The number of anilines is 3. The number of hydrogen-bond donors (Lipinski definition) is 2. The molecule has 7 heteroatoms. The van der Waals surface area contributed by atoms with Gasteiger partial charge >= 0.3 is 0 Å². The fourth-order valence-electron chi connectivity index (χ4n) is 2.68. The number of nitrogens with one attached hydrogen (secondary N) is 2. The van der Waals surface area contributed by atoms with Crippen molar-refractivity contribution in [2.75, 3.05) is 24.9 Å². The van der Waals surface area contributed by atoms with Gasteiger partial charge in [-0.1, -0.05) is 12.1 Å². The largest absolute Gasteiger partial charge is 0.497 e. The standard InChI is InChI=1S/C21H22N4O3/c1-13-6-5-7-15(10-13)23-21-22-14(2)11-18(25-21)20(26)24-17-9-8-16(27-3)12-19(17)28-4/h5-12H,1-4H3,(H,24,26)(H,22,23,25). The molecule has 28 heavy (non-hydrogen) atoms. The topological polar surface area (TPSA) is 85.4 Å². The molecule has 0 atom stereocenters. The van der Waals surface area contributed by atoms with Crippen molar-refractivity contribution < 1.29 is 14.3 Å². The van der Waals surface area contributed by atoms with Crippen LogP contribution in [0, 0.1) is 13.8 Å². The Morgan fingerprint density at radius 2 is 1.79 bits per heavy atom. The Bertz CT molecular complexity index is 1000. The number of carbonyl (C=O) groups is 1. The number of hydrogen-bond acceptors (Lipinski definition) is 6. The number of ether oxygens (including phenoxy) is 2. The predicted octanol–water partition coefficient (Wildman–Crippen LogP) is 4.11. The zero-order valence-corrected chi connectivity index (χ0v) is 16.2. The number of nitrogens with zero attached hydrogens (tertiary/aromatic N) is 2. The molecule has 0 aliphatic heterocycles. The molecule has 2 aromatic carbocycles. The summed E-state index contributed by atoms with van der Waals surface area (Å²) in [6.45, 7) is 3.82. The van der Waals surface area contributed by atoms with Gasteiger partial charge in [0, 0.05) is 17.4 Å². The maximum atomic E-state index is 12.7. The molecule has 3 aromatic rings. The van der Waals surface area contributed by atoms with Crippen molar-refractivity contribution in [3.63, 3.8) is 0 Å². The number of rotatable bonds is 6. The van der Waals surface area contributed by atoms with Gasteiger partial charge in [0.15, 0.2) is 0 Å². The van der Waals surface area contributed by atoms with Crippen molar-refractivity contribution in [3.8, 4) is 11.5 Å². The van der Waals surface area contributed by atoms with E-state index in [4.69, 9.17) is 9.47 Å². The molecule has 0 bridgehead atoms. The molecule has 0 unspecified atom stereocenters. The highest BCUT2D eigenvalue weighted by Gasteiger charge is 2.14. The Kier molecular flexibility index (Phi) is 5.74. The van der Waals surface area contributed by atoms with E-state index in [1.54, 1.807) is 31.4 Å². The minimum absolute atomic E-state index is 0.250. The minimum atomic E-state index is -0.360. The fourth-order valence-corrected chi connectivity index (χ4v) is 2.68. The van der Waals surface area contributed by atoms with Crippen molar-refractivity contribution in [2.45, 2.75) is 13.8 Å². The van der Waals surface area contributed by atoms with Crippen LogP contribution in [0.25, 0.3) is 0 Å². The number of carbonyl (C=O) groups excluding carboxylic acids is 1. The highest BCUT2D eigenvalue weighted by atomic mass is 16.5. The SMILES string of the molecule is COc1ccc(NC(=O)c2cc(C)nc(Nc3cccc(C)c3)n2)c(OC)c1. The average molecular weight is 378 g/mol. The maximum Gasteiger partial charge on any atom is 0.274 e. The van der Waals surface area contributed by atoms with Gasteiger partial charge in [0.25, 0.3) is 5.91 Å². The lowest BCUT2D eigenvalue weighted by Gasteiger charge is -2.12. The van der Waals surface area contributed by atoms with Gasteiger partial charge in [-0.2, -0.15) is 0 Å². The Morgan fingerprint density at radius 3 is 2.50 bits per heavy atom. The van der Waals surface area contributed by atoms with Crippen LogP contribution in [0.5, 0.6) is 11.5 Å². The summed E-state index contributed by atoms with van der Waals surface area (Å²) in [6.07, 6.45) is 0. The van der Waals surface area contributed by atoms with E-state index in [0.29, 0.717) is 28.8 Å². The van der Waals surface area contributed by atoms with E-state index in [-0.39, 0.29) is 11.6 Å². The average Bonchev–Trinajstić information content (AvgIpc) is 2.67. The van der Waals surface area contributed by atoms with Gasteiger partial charge in [0.2, 0.25) is 5.95 Å². The molecule has 1 heterocycles. The Morgan fingerprint density at radius 1 is 0.964 bits per heavy atom. The minimum Gasteiger partial charge on any atom is -0.497 e. The second kappa shape index (κ2) is 8.39. The van der Waals surface area contributed by atoms with E-state index in [2.05, 4.69) is 20.6 Å². The summed E-state index contributed by atoms with van der Waals surface area (Å²) in [5.41, 5.74) is 3.42. The summed E-state index contributed by atoms with van der Waals surface area (Å²) >= 11 is 0. The van der Waals surface area contributed by atoms with E-state index in [0.717, 1.165) is 11.3 Å². The Balaban J connectivity index is 1.83. The van der Waals surface area contributed by atoms with Crippen molar-refractivity contribution in [1.82, 2.24) is 9.97 Å². The predicted molar refractivity (Wildman–Crippen MR) is 109 cm³/mol. The summed E-state index contributed by atoms with van der Waals surface area (Å²) in [5, 5.41) is 5.96. The molecule has 3 rings (SSSR count). The molecule has 7 nitrogen and oxygen atoms in total. The smallest absolute Gasteiger partial charge is 0.274 e. The number of aryl methyl sites for hydroxylation is 2. The van der Waals surface area contributed by atoms with E-state index in [1.165, 1.54) is 7.11 Å². The van der Waals surface area contributed by atoms with Crippen molar-refractivity contribution >= 4 is 23.2 Å². The highest BCUT2D eigenvalue weighted by molar-refractivity contribution is 6.04. The van der Waals surface area contributed by atoms with Gasteiger partial charge in [0.05, 0.1) is 19.9 Å². The molecule has 1 amide bonds. The molecular weight excluding hydrogens is 356 g/mol. The normalized spacial score (nSPS) is 10.3. The quantitative estimate of drug-likeness (QED) is 0.671.